The molecule has 0 unspecified atom stereocenters. The van der Waals surface area contributed by atoms with E-state index in [4.69, 9.17) is 23.1 Å². The van der Waals surface area contributed by atoms with E-state index in [1.54, 1.807) is 14.0 Å². The van der Waals surface area contributed by atoms with Crippen LogP contribution in [0, 0.1) is 0 Å². The molecule has 78 valence electrons. The molecule has 0 aromatic heterocycles. The SMILES string of the molecule is CN=C(Cl)/C(C)=C(N)/C(N)=C/C(C)=O. The van der Waals surface area contributed by atoms with Gasteiger partial charge in [-0.15, -0.1) is 0 Å². The normalized spacial score (nSPS) is 15.1. The molecule has 4 N–H and O–H groups in total. The lowest BCUT2D eigenvalue weighted by molar-refractivity contribution is -0.112. The average Bonchev–Trinajstić information content (AvgIpc) is 2.13. The van der Waals surface area contributed by atoms with E-state index in [-0.39, 0.29) is 22.3 Å². The zero-order valence-corrected chi connectivity index (χ0v) is 9.22. The minimum atomic E-state index is -0.164. The maximum atomic E-state index is 10.7. The van der Waals surface area contributed by atoms with Crippen LogP contribution in [0.5, 0.6) is 0 Å². The molecule has 0 saturated heterocycles. The van der Waals surface area contributed by atoms with E-state index < -0.39 is 0 Å². The van der Waals surface area contributed by atoms with Gasteiger partial charge >= 0.3 is 0 Å². The van der Waals surface area contributed by atoms with Gasteiger partial charge in [-0.25, -0.2) is 0 Å². The lowest BCUT2D eigenvalue weighted by Gasteiger charge is -2.05. The number of nitrogens with two attached hydrogens (primary N) is 2. The highest BCUT2D eigenvalue weighted by Crippen LogP contribution is 2.09. The van der Waals surface area contributed by atoms with E-state index in [0.717, 1.165) is 0 Å². The quantitative estimate of drug-likeness (QED) is 0.417. The van der Waals surface area contributed by atoms with Crippen LogP contribution in [0.25, 0.3) is 0 Å². The zero-order chi connectivity index (χ0) is 11.3. The van der Waals surface area contributed by atoms with Crippen molar-refractivity contribution in [3.8, 4) is 0 Å². The van der Waals surface area contributed by atoms with E-state index >= 15 is 0 Å². The average molecular weight is 216 g/mol. The summed E-state index contributed by atoms with van der Waals surface area (Å²) in [6.45, 7) is 3.08. The molecule has 0 heterocycles. The number of hydrogen-bond acceptors (Lipinski definition) is 4. The molecule has 0 fully saturated rings. The van der Waals surface area contributed by atoms with Crippen molar-refractivity contribution in [3.05, 3.63) is 23.0 Å². The van der Waals surface area contributed by atoms with Crippen LogP contribution in [0.1, 0.15) is 13.8 Å². The van der Waals surface area contributed by atoms with Gasteiger partial charge < -0.3 is 11.5 Å². The third kappa shape index (κ3) is 3.62. The molecule has 5 heteroatoms. The summed E-state index contributed by atoms with van der Waals surface area (Å²) in [5, 5.41) is 0.280. The molecule has 0 aliphatic carbocycles. The Labute approximate surface area is 88.3 Å². The molecule has 0 spiro atoms. The second kappa shape index (κ2) is 5.44. The number of ketones is 1. The molecule has 0 saturated carbocycles. The molecule has 0 aromatic rings. The first kappa shape index (κ1) is 12.7. The summed E-state index contributed by atoms with van der Waals surface area (Å²) in [7, 11) is 1.55. The first-order chi connectivity index (χ1) is 6.40. The van der Waals surface area contributed by atoms with Crippen LogP contribution in [0.3, 0.4) is 0 Å². The van der Waals surface area contributed by atoms with Crippen molar-refractivity contribution in [2.75, 3.05) is 7.05 Å². The molecule has 0 bridgehead atoms. The standard InChI is InChI=1S/C9H14ClN3O/c1-5(14)4-7(11)8(12)6(2)9(10)13-3/h4H,11-12H2,1-3H3/b7-4-,8-6-,13-9?. The molecule has 0 amide bonds. The largest absolute Gasteiger partial charge is 0.397 e. The van der Waals surface area contributed by atoms with E-state index in [1.807, 2.05) is 0 Å². The predicted octanol–water partition coefficient (Wildman–Crippen LogP) is 0.918. The van der Waals surface area contributed by atoms with Gasteiger partial charge in [0.15, 0.2) is 5.78 Å². The number of rotatable bonds is 3. The maximum absolute atomic E-state index is 10.7. The predicted molar refractivity (Wildman–Crippen MR) is 59.1 cm³/mol. The Kier molecular flexibility index (Phi) is 4.94. The van der Waals surface area contributed by atoms with Crippen LogP contribution in [0.4, 0.5) is 0 Å². The van der Waals surface area contributed by atoms with E-state index in [0.29, 0.717) is 5.57 Å². The fourth-order valence-corrected chi connectivity index (χ4v) is 0.894. The Morgan fingerprint density at radius 1 is 1.36 bits per heavy atom. The number of halogens is 1. The van der Waals surface area contributed by atoms with Gasteiger partial charge in [-0.2, -0.15) is 0 Å². The zero-order valence-electron chi connectivity index (χ0n) is 8.47. The fraction of sp³-hybridized carbons (Fsp3) is 0.333. The smallest absolute Gasteiger partial charge is 0.154 e. The van der Waals surface area contributed by atoms with Gasteiger partial charge in [0, 0.05) is 18.7 Å². The van der Waals surface area contributed by atoms with Crippen molar-refractivity contribution < 1.29 is 4.79 Å². The molecular formula is C9H14ClN3O. The number of aliphatic imine (C=N–C) groups is 1. The van der Waals surface area contributed by atoms with Gasteiger partial charge in [0.05, 0.1) is 11.4 Å². The summed E-state index contributed by atoms with van der Waals surface area (Å²) >= 11 is 5.74. The van der Waals surface area contributed by atoms with Crippen molar-refractivity contribution in [1.82, 2.24) is 0 Å². The third-order valence-electron chi connectivity index (χ3n) is 1.58. The Hall–Kier alpha value is -1.29. The van der Waals surface area contributed by atoms with Crippen LogP contribution >= 0.6 is 11.6 Å². The van der Waals surface area contributed by atoms with Crippen LogP contribution < -0.4 is 11.5 Å². The van der Waals surface area contributed by atoms with Gasteiger partial charge in [0.1, 0.15) is 5.17 Å². The molecule has 0 radical (unpaired) electrons. The van der Waals surface area contributed by atoms with Crippen LogP contribution in [-0.2, 0) is 4.79 Å². The monoisotopic (exact) mass is 215 g/mol. The highest BCUT2D eigenvalue weighted by Gasteiger charge is 2.05. The van der Waals surface area contributed by atoms with Gasteiger partial charge in [0.2, 0.25) is 0 Å². The summed E-state index contributed by atoms with van der Waals surface area (Å²) < 4.78 is 0. The van der Waals surface area contributed by atoms with Crippen molar-refractivity contribution in [3.63, 3.8) is 0 Å². The number of carbonyl (C=O) groups excluding carboxylic acids is 1. The molecule has 4 nitrogen and oxygen atoms in total. The first-order valence-corrected chi connectivity index (χ1v) is 4.35. The van der Waals surface area contributed by atoms with Crippen molar-refractivity contribution in [2.45, 2.75) is 13.8 Å². The summed E-state index contributed by atoms with van der Waals surface area (Å²) in [4.78, 5) is 14.5. The Bertz CT molecular complexity index is 329. The molecule has 0 aliphatic rings. The molecular weight excluding hydrogens is 202 g/mol. The fourth-order valence-electron chi connectivity index (χ4n) is 0.792. The Balaban J connectivity index is 5.11. The Morgan fingerprint density at radius 2 is 1.86 bits per heavy atom. The summed E-state index contributed by atoms with van der Waals surface area (Å²) in [6, 6.07) is 0. The Morgan fingerprint density at radius 3 is 2.21 bits per heavy atom. The van der Waals surface area contributed by atoms with Gasteiger partial charge in [-0.3, -0.25) is 9.79 Å². The lowest BCUT2D eigenvalue weighted by atomic mass is 10.2. The summed E-state index contributed by atoms with van der Waals surface area (Å²) in [6.07, 6.45) is 1.25. The number of carbonyl (C=O) groups is 1. The first-order valence-electron chi connectivity index (χ1n) is 3.97. The summed E-state index contributed by atoms with van der Waals surface area (Å²) in [5.41, 5.74) is 12.2. The van der Waals surface area contributed by atoms with Crippen LogP contribution in [0.15, 0.2) is 28.0 Å². The summed E-state index contributed by atoms with van der Waals surface area (Å²) in [5.74, 6) is -0.164. The lowest BCUT2D eigenvalue weighted by Crippen LogP contribution is -2.14. The second-order valence-electron chi connectivity index (χ2n) is 2.76. The number of nitrogens with zero attached hydrogens (tertiary/aromatic N) is 1. The number of allylic oxidation sites excluding steroid dienone is 2. The van der Waals surface area contributed by atoms with Crippen molar-refractivity contribution in [1.29, 1.82) is 0 Å². The highest BCUT2D eigenvalue weighted by atomic mass is 35.5. The minimum Gasteiger partial charge on any atom is -0.397 e. The van der Waals surface area contributed by atoms with Crippen LogP contribution in [0.2, 0.25) is 0 Å². The van der Waals surface area contributed by atoms with Crippen molar-refractivity contribution in [2.24, 2.45) is 16.5 Å². The molecule has 0 aliphatic heterocycles. The van der Waals surface area contributed by atoms with Crippen LogP contribution in [-0.4, -0.2) is 18.0 Å². The van der Waals surface area contributed by atoms with Gasteiger partial charge in [-0.1, -0.05) is 11.6 Å². The van der Waals surface area contributed by atoms with E-state index in [1.165, 1.54) is 13.0 Å². The highest BCUT2D eigenvalue weighted by molar-refractivity contribution is 6.69. The molecule has 14 heavy (non-hydrogen) atoms. The van der Waals surface area contributed by atoms with E-state index in [9.17, 15) is 4.79 Å². The second-order valence-corrected chi connectivity index (χ2v) is 3.12. The maximum Gasteiger partial charge on any atom is 0.154 e. The topological polar surface area (TPSA) is 81.5 Å². The number of hydrogen-bond donors (Lipinski definition) is 2. The minimum absolute atomic E-state index is 0.164. The van der Waals surface area contributed by atoms with Crippen molar-refractivity contribution >= 4 is 22.6 Å². The van der Waals surface area contributed by atoms with Gasteiger partial charge in [-0.05, 0) is 13.8 Å². The molecule has 0 aromatic carbocycles. The van der Waals surface area contributed by atoms with E-state index in [2.05, 4.69) is 4.99 Å². The molecule has 0 rings (SSSR count). The third-order valence-corrected chi connectivity index (χ3v) is 2.03. The van der Waals surface area contributed by atoms with Gasteiger partial charge in [0.25, 0.3) is 0 Å². The molecule has 0 atom stereocenters.